The third-order valence-corrected chi connectivity index (χ3v) is 3.55. The lowest BCUT2D eigenvalue weighted by molar-refractivity contribution is 0.119. The molecule has 2 atom stereocenters. The fourth-order valence-electron chi connectivity index (χ4n) is 2.13. The number of anilines is 1. The average molecular weight is 256 g/mol. The molecule has 0 bridgehead atoms. The number of rotatable bonds is 5. The quantitative estimate of drug-likeness (QED) is 0.790. The summed E-state index contributed by atoms with van der Waals surface area (Å²) in [6.45, 7) is 5.95. The van der Waals surface area contributed by atoms with Crippen LogP contribution in [0.5, 0.6) is 0 Å². The molecule has 1 rings (SSSR count). The van der Waals surface area contributed by atoms with Crippen molar-refractivity contribution in [2.45, 2.75) is 46.1 Å². The Morgan fingerprint density at radius 3 is 2.53 bits per heavy atom. The Kier molecular flexibility index (Phi) is 5.29. The van der Waals surface area contributed by atoms with E-state index in [1.54, 1.807) is 0 Å². The number of hydrogen-bond donors (Lipinski definition) is 2. The van der Waals surface area contributed by atoms with Crippen molar-refractivity contribution in [1.82, 2.24) is 0 Å². The smallest absolute Gasteiger partial charge is 0.0640 e. The Morgan fingerprint density at radius 2 is 2.06 bits per heavy atom. The van der Waals surface area contributed by atoms with Crippen molar-refractivity contribution in [3.05, 3.63) is 28.3 Å². The summed E-state index contributed by atoms with van der Waals surface area (Å²) in [5, 5.41) is 10.4. The highest BCUT2D eigenvalue weighted by Gasteiger charge is 2.15. The fraction of sp³-hybridized carbons (Fsp3) is 0.571. The molecule has 0 heterocycles. The molecule has 1 aromatic rings. The molecule has 1 unspecified atom stereocenters. The second-order valence-electron chi connectivity index (χ2n) is 4.80. The molecular formula is C14H22ClNO. The minimum Gasteiger partial charge on any atom is -0.397 e. The zero-order valence-corrected chi connectivity index (χ0v) is 11.6. The molecule has 1 aromatic carbocycles. The van der Waals surface area contributed by atoms with E-state index in [-0.39, 0.29) is 6.10 Å². The van der Waals surface area contributed by atoms with Crippen LogP contribution in [0.1, 0.15) is 37.8 Å². The van der Waals surface area contributed by atoms with Gasteiger partial charge >= 0.3 is 0 Å². The van der Waals surface area contributed by atoms with Crippen LogP contribution in [0.15, 0.2) is 12.1 Å². The first kappa shape index (κ1) is 14.3. The highest BCUT2D eigenvalue weighted by atomic mass is 35.5. The predicted octanol–water partition coefficient (Wildman–Crippen LogP) is 3.57. The van der Waals surface area contributed by atoms with Gasteiger partial charge in [-0.2, -0.15) is 0 Å². The molecule has 0 fully saturated rings. The Labute approximate surface area is 109 Å². The first-order valence-corrected chi connectivity index (χ1v) is 6.56. The van der Waals surface area contributed by atoms with Gasteiger partial charge in [-0.05, 0) is 49.8 Å². The summed E-state index contributed by atoms with van der Waals surface area (Å²) in [5.74, 6) is 0.291. The summed E-state index contributed by atoms with van der Waals surface area (Å²) in [7, 11) is 0. The summed E-state index contributed by atoms with van der Waals surface area (Å²) in [5.41, 5.74) is 8.63. The number of aliphatic hydroxyl groups excluding tert-OH is 1. The number of nitrogen functional groups attached to an aromatic ring is 1. The zero-order chi connectivity index (χ0) is 13.0. The third kappa shape index (κ3) is 3.90. The van der Waals surface area contributed by atoms with Crippen molar-refractivity contribution in [2.24, 2.45) is 5.92 Å². The molecule has 0 aliphatic carbocycles. The Bertz CT molecular complexity index is 353. The van der Waals surface area contributed by atoms with Crippen LogP contribution in [-0.2, 0) is 6.42 Å². The molecule has 0 amide bonds. The fourth-order valence-corrected chi connectivity index (χ4v) is 2.42. The summed E-state index contributed by atoms with van der Waals surface area (Å²) in [6, 6.07) is 3.97. The van der Waals surface area contributed by atoms with Gasteiger partial charge in [-0.15, -0.1) is 0 Å². The van der Waals surface area contributed by atoms with Crippen molar-refractivity contribution in [2.75, 3.05) is 5.73 Å². The van der Waals surface area contributed by atoms with Crippen LogP contribution in [0.3, 0.4) is 0 Å². The van der Waals surface area contributed by atoms with Crippen LogP contribution >= 0.6 is 11.6 Å². The minimum atomic E-state index is -0.286. The van der Waals surface area contributed by atoms with Gasteiger partial charge in [-0.25, -0.2) is 0 Å². The van der Waals surface area contributed by atoms with Crippen LogP contribution in [-0.4, -0.2) is 11.2 Å². The van der Waals surface area contributed by atoms with E-state index in [1.165, 1.54) is 0 Å². The Hall–Kier alpha value is -0.730. The van der Waals surface area contributed by atoms with Crippen LogP contribution < -0.4 is 5.73 Å². The third-order valence-electron chi connectivity index (χ3n) is 3.24. The van der Waals surface area contributed by atoms with E-state index in [9.17, 15) is 5.11 Å². The van der Waals surface area contributed by atoms with Crippen molar-refractivity contribution >= 4 is 17.3 Å². The second-order valence-corrected chi connectivity index (χ2v) is 5.21. The molecule has 0 spiro atoms. The minimum absolute atomic E-state index is 0.286. The summed E-state index contributed by atoms with van der Waals surface area (Å²) >= 11 is 6.07. The first-order chi connectivity index (χ1) is 7.95. The molecule has 0 saturated heterocycles. The highest BCUT2D eigenvalue weighted by Crippen LogP contribution is 2.27. The number of aliphatic hydroxyl groups is 1. The van der Waals surface area contributed by atoms with Crippen LogP contribution in [0.2, 0.25) is 5.02 Å². The van der Waals surface area contributed by atoms with Gasteiger partial charge in [-0.3, -0.25) is 0 Å². The van der Waals surface area contributed by atoms with Crippen molar-refractivity contribution in [1.29, 1.82) is 0 Å². The van der Waals surface area contributed by atoms with E-state index >= 15 is 0 Å². The topological polar surface area (TPSA) is 46.2 Å². The molecule has 0 aliphatic rings. The second kappa shape index (κ2) is 6.27. The standard InChI is InChI=1S/C14H22ClNO/c1-4-5-12(10(3)17)7-11-6-9(2)14(16)13(15)8-11/h6,8,10,12,17H,4-5,7,16H2,1-3H3/t10?,12-/m1/s1. The van der Waals surface area contributed by atoms with Crippen LogP contribution in [0.25, 0.3) is 0 Å². The van der Waals surface area contributed by atoms with Crippen molar-refractivity contribution in [3.8, 4) is 0 Å². The van der Waals surface area contributed by atoms with Gasteiger partial charge in [0.05, 0.1) is 16.8 Å². The van der Waals surface area contributed by atoms with E-state index in [0.29, 0.717) is 16.6 Å². The lowest BCUT2D eigenvalue weighted by atomic mass is 9.90. The van der Waals surface area contributed by atoms with E-state index in [0.717, 1.165) is 30.4 Å². The van der Waals surface area contributed by atoms with Gasteiger partial charge < -0.3 is 10.8 Å². The number of benzene rings is 1. The number of halogens is 1. The summed E-state index contributed by atoms with van der Waals surface area (Å²) < 4.78 is 0. The van der Waals surface area contributed by atoms with E-state index < -0.39 is 0 Å². The normalized spacial score (nSPS) is 14.6. The van der Waals surface area contributed by atoms with Gasteiger partial charge in [0, 0.05) is 0 Å². The highest BCUT2D eigenvalue weighted by molar-refractivity contribution is 6.33. The summed E-state index contributed by atoms with van der Waals surface area (Å²) in [6.07, 6.45) is 2.68. The lowest BCUT2D eigenvalue weighted by Crippen LogP contribution is -2.19. The first-order valence-electron chi connectivity index (χ1n) is 6.18. The van der Waals surface area contributed by atoms with E-state index in [4.69, 9.17) is 17.3 Å². The van der Waals surface area contributed by atoms with Crippen LogP contribution in [0, 0.1) is 12.8 Å². The molecule has 2 nitrogen and oxygen atoms in total. The Balaban J connectivity index is 2.86. The average Bonchev–Trinajstić information content (AvgIpc) is 2.25. The SMILES string of the molecule is CCC[C@H](Cc1cc(C)c(N)c(Cl)c1)C(C)O. The molecule has 3 heteroatoms. The maximum Gasteiger partial charge on any atom is 0.0640 e. The molecule has 3 N–H and O–H groups in total. The predicted molar refractivity (Wildman–Crippen MR) is 74.4 cm³/mol. The van der Waals surface area contributed by atoms with Crippen molar-refractivity contribution < 1.29 is 5.11 Å². The molecular weight excluding hydrogens is 234 g/mol. The molecule has 17 heavy (non-hydrogen) atoms. The molecule has 0 aliphatic heterocycles. The van der Waals surface area contributed by atoms with E-state index in [1.807, 2.05) is 19.9 Å². The maximum atomic E-state index is 9.74. The molecule has 0 aromatic heterocycles. The van der Waals surface area contributed by atoms with Crippen LogP contribution in [0.4, 0.5) is 5.69 Å². The molecule has 0 radical (unpaired) electrons. The Morgan fingerprint density at radius 1 is 1.41 bits per heavy atom. The van der Waals surface area contributed by atoms with Gasteiger partial charge in [0.15, 0.2) is 0 Å². The number of hydrogen-bond acceptors (Lipinski definition) is 2. The van der Waals surface area contributed by atoms with Gasteiger partial charge in [0.1, 0.15) is 0 Å². The lowest BCUT2D eigenvalue weighted by Gasteiger charge is -2.20. The molecule has 0 saturated carbocycles. The monoisotopic (exact) mass is 255 g/mol. The number of nitrogens with two attached hydrogens (primary N) is 1. The van der Waals surface area contributed by atoms with E-state index in [2.05, 4.69) is 13.0 Å². The largest absolute Gasteiger partial charge is 0.397 e. The van der Waals surface area contributed by atoms with Gasteiger partial charge in [0.25, 0.3) is 0 Å². The molecule has 96 valence electrons. The van der Waals surface area contributed by atoms with Gasteiger partial charge in [0.2, 0.25) is 0 Å². The van der Waals surface area contributed by atoms with Gasteiger partial charge in [-0.1, -0.05) is 31.0 Å². The summed E-state index contributed by atoms with van der Waals surface area (Å²) in [4.78, 5) is 0. The zero-order valence-electron chi connectivity index (χ0n) is 10.8. The maximum absolute atomic E-state index is 9.74. The van der Waals surface area contributed by atoms with Crippen molar-refractivity contribution in [3.63, 3.8) is 0 Å². The number of aryl methyl sites for hydroxylation is 1.